The van der Waals surface area contributed by atoms with Crippen LogP contribution >= 0.6 is 11.3 Å². The standard InChI is InChI=1S/C25H31N3O4S/c1-17-21(24(29)26-15-20-6-4-13-32-20)14-23(28(17)11-5-12-30-2)22-16-33-25(27-22)18-7-9-19(31-3)10-8-18/h7-10,14,16,20H,4-6,11-13,15H2,1-3H3,(H,26,29). The highest BCUT2D eigenvalue weighted by Crippen LogP contribution is 2.32. The number of methoxy groups -OCH3 is 2. The van der Waals surface area contributed by atoms with Crippen LogP contribution in [0.15, 0.2) is 35.7 Å². The Bertz CT molecular complexity index is 1070. The van der Waals surface area contributed by atoms with E-state index in [0.717, 1.165) is 65.8 Å². The maximum Gasteiger partial charge on any atom is 0.253 e. The smallest absolute Gasteiger partial charge is 0.253 e. The van der Waals surface area contributed by atoms with Crippen molar-refractivity contribution in [2.45, 2.75) is 38.8 Å². The molecule has 1 fully saturated rings. The minimum atomic E-state index is -0.0691. The Morgan fingerprint density at radius 3 is 2.82 bits per heavy atom. The summed E-state index contributed by atoms with van der Waals surface area (Å²) in [6.07, 6.45) is 3.02. The summed E-state index contributed by atoms with van der Waals surface area (Å²) in [4.78, 5) is 17.9. The van der Waals surface area contributed by atoms with Crippen LogP contribution in [0.3, 0.4) is 0 Å². The molecule has 1 atom stereocenters. The van der Waals surface area contributed by atoms with Gasteiger partial charge in [-0.15, -0.1) is 11.3 Å². The second-order valence-corrected chi connectivity index (χ2v) is 9.00. The van der Waals surface area contributed by atoms with Crippen LogP contribution in [0.2, 0.25) is 0 Å². The first-order chi connectivity index (χ1) is 16.1. The highest BCUT2D eigenvalue weighted by molar-refractivity contribution is 7.13. The number of ether oxygens (including phenoxy) is 3. The van der Waals surface area contributed by atoms with Crippen molar-refractivity contribution in [1.82, 2.24) is 14.9 Å². The Hall–Kier alpha value is -2.68. The molecule has 176 valence electrons. The summed E-state index contributed by atoms with van der Waals surface area (Å²) in [5.74, 6) is 0.747. The van der Waals surface area contributed by atoms with Crippen LogP contribution in [0.25, 0.3) is 22.0 Å². The van der Waals surface area contributed by atoms with Crippen LogP contribution in [0.5, 0.6) is 5.75 Å². The van der Waals surface area contributed by atoms with E-state index in [2.05, 4.69) is 15.3 Å². The lowest BCUT2D eigenvalue weighted by molar-refractivity contribution is 0.0857. The van der Waals surface area contributed by atoms with Crippen LogP contribution < -0.4 is 10.1 Å². The maximum absolute atomic E-state index is 13.0. The van der Waals surface area contributed by atoms with Crippen LogP contribution in [0.1, 0.15) is 35.3 Å². The monoisotopic (exact) mass is 469 g/mol. The van der Waals surface area contributed by atoms with E-state index >= 15 is 0 Å². The van der Waals surface area contributed by atoms with Gasteiger partial charge < -0.3 is 24.1 Å². The molecule has 0 aliphatic carbocycles. The molecule has 7 nitrogen and oxygen atoms in total. The second kappa shape index (κ2) is 11.0. The van der Waals surface area contributed by atoms with Crippen molar-refractivity contribution in [2.75, 3.05) is 34.0 Å². The SMILES string of the molecule is COCCCn1c(-c2csc(-c3ccc(OC)cc3)n2)cc(C(=O)NCC2CCCO2)c1C. The number of carbonyl (C=O) groups is 1. The highest BCUT2D eigenvalue weighted by atomic mass is 32.1. The van der Waals surface area contributed by atoms with E-state index in [1.807, 2.05) is 37.3 Å². The Kier molecular flexibility index (Phi) is 7.80. The number of hydrogen-bond donors (Lipinski definition) is 1. The van der Waals surface area contributed by atoms with Crippen molar-refractivity contribution in [3.63, 3.8) is 0 Å². The molecule has 1 aliphatic heterocycles. The first-order valence-corrected chi connectivity index (χ1v) is 12.2. The zero-order valence-electron chi connectivity index (χ0n) is 19.4. The number of carbonyl (C=O) groups excluding carboxylic acids is 1. The molecule has 2 aromatic heterocycles. The topological polar surface area (TPSA) is 74.6 Å². The molecule has 3 aromatic rings. The van der Waals surface area contributed by atoms with Crippen molar-refractivity contribution in [2.24, 2.45) is 0 Å². The molecule has 0 bridgehead atoms. The second-order valence-electron chi connectivity index (χ2n) is 8.14. The number of nitrogens with one attached hydrogen (secondary N) is 1. The van der Waals surface area contributed by atoms with Gasteiger partial charge >= 0.3 is 0 Å². The van der Waals surface area contributed by atoms with Gasteiger partial charge in [0.1, 0.15) is 10.8 Å². The molecule has 8 heteroatoms. The normalized spacial score (nSPS) is 15.7. The van der Waals surface area contributed by atoms with Gasteiger partial charge in [0.2, 0.25) is 0 Å². The largest absolute Gasteiger partial charge is 0.497 e. The van der Waals surface area contributed by atoms with Gasteiger partial charge in [-0.3, -0.25) is 4.79 Å². The molecule has 1 aromatic carbocycles. The van der Waals surface area contributed by atoms with Crippen LogP contribution in [0.4, 0.5) is 0 Å². The van der Waals surface area contributed by atoms with Crippen LogP contribution in [-0.2, 0) is 16.0 Å². The summed E-state index contributed by atoms with van der Waals surface area (Å²) < 4.78 is 18.3. The van der Waals surface area contributed by atoms with Crippen molar-refractivity contribution in [3.05, 3.63) is 47.0 Å². The molecule has 1 N–H and O–H groups in total. The summed E-state index contributed by atoms with van der Waals surface area (Å²) in [5, 5.41) is 6.03. The van der Waals surface area contributed by atoms with E-state index in [1.54, 1.807) is 25.6 Å². The molecule has 33 heavy (non-hydrogen) atoms. The molecule has 0 radical (unpaired) electrons. The number of benzene rings is 1. The number of thiazole rings is 1. The number of rotatable bonds is 10. The van der Waals surface area contributed by atoms with Gasteiger partial charge in [0, 0.05) is 50.1 Å². The summed E-state index contributed by atoms with van der Waals surface area (Å²) in [6.45, 7) is 4.73. The van der Waals surface area contributed by atoms with Gasteiger partial charge in [0.15, 0.2) is 0 Å². The fourth-order valence-electron chi connectivity index (χ4n) is 4.11. The minimum Gasteiger partial charge on any atom is -0.497 e. The van der Waals surface area contributed by atoms with Crippen molar-refractivity contribution >= 4 is 17.2 Å². The number of nitrogens with zero attached hydrogens (tertiary/aromatic N) is 2. The van der Waals surface area contributed by atoms with Crippen LogP contribution in [0, 0.1) is 6.92 Å². The van der Waals surface area contributed by atoms with Gasteiger partial charge in [0.05, 0.1) is 30.2 Å². The highest BCUT2D eigenvalue weighted by Gasteiger charge is 2.22. The lowest BCUT2D eigenvalue weighted by Crippen LogP contribution is -2.32. The zero-order chi connectivity index (χ0) is 23.2. The maximum atomic E-state index is 13.0. The summed E-state index contributed by atoms with van der Waals surface area (Å²) in [5.41, 5.74) is 4.46. The van der Waals surface area contributed by atoms with Gasteiger partial charge in [-0.1, -0.05) is 0 Å². The first kappa shape index (κ1) is 23.5. The average molecular weight is 470 g/mol. The molecule has 1 unspecified atom stereocenters. The third kappa shape index (κ3) is 5.46. The fraction of sp³-hybridized carbons (Fsp3) is 0.440. The third-order valence-electron chi connectivity index (χ3n) is 5.96. The quantitative estimate of drug-likeness (QED) is 0.441. The van der Waals surface area contributed by atoms with E-state index in [1.165, 1.54) is 0 Å². The van der Waals surface area contributed by atoms with Gasteiger partial charge in [-0.05, 0) is 56.5 Å². The molecule has 1 aliphatic rings. The molecular weight excluding hydrogens is 438 g/mol. The predicted octanol–water partition coefficient (Wildman–Crippen LogP) is 4.54. The fourth-order valence-corrected chi connectivity index (χ4v) is 4.93. The van der Waals surface area contributed by atoms with Gasteiger partial charge in [-0.2, -0.15) is 0 Å². The van der Waals surface area contributed by atoms with E-state index in [0.29, 0.717) is 18.7 Å². The minimum absolute atomic E-state index is 0.0691. The number of amides is 1. The molecule has 3 heterocycles. The van der Waals surface area contributed by atoms with Crippen LogP contribution in [-0.4, -0.2) is 55.5 Å². The van der Waals surface area contributed by atoms with Crippen molar-refractivity contribution in [1.29, 1.82) is 0 Å². The van der Waals surface area contributed by atoms with Crippen molar-refractivity contribution in [3.8, 4) is 27.7 Å². The lowest BCUT2D eigenvalue weighted by atomic mass is 10.2. The zero-order valence-corrected chi connectivity index (χ0v) is 20.2. The summed E-state index contributed by atoms with van der Waals surface area (Å²) in [6, 6.07) is 9.84. The Morgan fingerprint density at radius 1 is 1.30 bits per heavy atom. The third-order valence-corrected chi connectivity index (χ3v) is 6.85. The molecular formula is C25H31N3O4S. The first-order valence-electron chi connectivity index (χ1n) is 11.3. The number of aromatic nitrogens is 2. The Morgan fingerprint density at radius 2 is 2.12 bits per heavy atom. The summed E-state index contributed by atoms with van der Waals surface area (Å²) in [7, 11) is 3.36. The molecule has 1 amide bonds. The molecule has 1 saturated heterocycles. The Labute approximate surface area is 198 Å². The summed E-state index contributed by atoms with van der Waals surface area (Å²) >= 11 is 1.59. The lowest BCUT2D eigenvalue weighted by Gasteiger charge is -2.12. The van der Waals surface area contributed by atoms with Gasteiger partial charge in [0.25, 0.3) is 5.91 Å². The predicted molar refractivity (Wildman–Crippen MR) is 130 cm³/mol. The van der Waals surface area contributed by atoms with Gasteiger partial charge in [-0.25, -0.2) is 4.98 Å². The molecule has 4 rings (SSSR count). The molecule has 0 spiro atoms. The average Bonchev–Trinajstić information content (AvgIpc) is 3.59. The van der Waals surface area contributed by atoms with E-state index in [-0.39, 0.29) is 12.0 Å². The molecule has 0 saturated carbocycles. The Balaban J connectivity index is 1.59. The van der Waals surface area contributed by atoms with E-state index in [9.17, 15) is 4.79 Å². The van der Waals surface area contributed by atoms with Crippen molar-refractivity contribution < 1.29 is 19.0 Å². The van der Waals surface area contributed by atoms with E-state index in [4.69, 9.17) is 19.2 Å². The number of hydrogen-bond acceptors (Lipinski definition) is 6. The van der Waals surface area contributed by atoms with E-state index < -0.39 is 0 Å².